The number of aliphatic imine (C=N–C) groups is 1. The maximum Gasteiger partial charge on any atom is 0.228 e. The van der Waals surface area contributed by atoms with Crippen LogP contribution in [0.4, 0.5) is 10.2 Å². The minimum atomic E-state index is -0.847. The first kappa shape index (κ1) is 20.9. The molecule has 1 aromatic carbocycles. The lowest BCUT2D eigenvalue weighted by Gasteiger charge is -2.31. The highest BCUT2D eigenvalue weighted by Gasteiger charge is 2.25. The zero-order valence-corrected chi connectivity index (χ0v) is 16.8. The fourth-order valence-corrected chi connectivity index (χ4v) is 3.64. The van der Waals surface area contributed by atoms with Crippen LogP contribution in [0, 0.1) is 5.92 Å². The van der Waals surface area contributed by atoms with Crippen molar-refractivity contribution >= 4 is 34.4 Å². The average Bonchev–Trinajstić information content (AvgIpc) is 2.71. The smallest absolute Gasteiger partial charge is 0.228 e. The van der Waals surface area contributed by atoms with Crippen LogP contribution in [0.1, 0.15) is 25.3 Å². The van der Waals surface area contributed by atoms with Gasteiger partial charge in [-0.25, -0.2) is 9.37 Å². The standard InChI is InChI=1S/C21H27FN6O/c1-14(22)13-28-7-5-15(6-8-28)21(29)26-20-10-18-9-16(19(27-23)12-24-2)3-4-17(18)11-25-20/h3-4,9-12,14-15H,5-8,13,23H2,1-2H3,(H,25,26,29). The molecule has 1 saturated heterocycles. The summed E-state index contributed by atoms with van der Waals surface area (Å²) in [6, 6.07) is 7.62. The minimum Gasteiger partial charge on any atom is -0.323 e. The highest BCUT2D eigenvalue weighted by Crippen LogP contribution is 2.22. The molecular weight excluding hydrogens is 371 g/mol. The molecular formula is C21H27FN6O. The van der Waals surface area contributed by atoms with Crippen LogP contribution < -0.4 is 11.2 Å². The number of hydrogen-bond acceptors (Lipinski definition) is 6. The van der Waals surface area contributed by atoms with E-state index in [0.29, 0.717) is 18.1 Å². The highest BCUT2D eigenvalue weighted by atomic mass is 19.1. The van der Waals surface area contributed by atoms with Gasteiger partial charge in [-0.15, -0.1) is 0 Å². The van der Waals surface area contributed by atoms with Crippen LogP contribution >= 0.6 is 0 Å². The number of nitrogens with two attached hydrogens (primary N) is 1. The van der Waals surface area contributed by atoms with Crippen molar-refractivity contribution in [1.82, 2.24) is 9.88 Å². The second-order valence-corrected chi connectivity index (χ2v) is 7.38. The molecule has 0 bridgehead atoms. The number of piperidine rings is 1. The summed E-state index contributed by atoms with van der Waals surface area (Å²) in [6.07, 6.45) is 3.93. The fourth-order valence-electron chi connectivity index (χ4n) is 3.64. The van der Waals surface area contributed by atoms with Gasteiger partial charge in [0.2, 0.25) is 5.91 Å². The summed E-state index contributed by atoms with van der Waals surface area (Å²) in [5, 5.41) is 8.56. The number of benzene rings is 1. The molecule has 1 aliphatic rings. The molecule has 0 saturated carbocycles. The molecule has 1 aromatic heterocycles. The SMILES string of the molecule is CN=CC(=NN)c1ccc2cnc(NC(=O)C3CCN(CC(C)F)CC3)cc2c1. The Morgan fingerprint density at radius 3 is 2.79 bits per heavy atom. The second kappa shape index (κ2) is 9.56. The van der Waals surface area contributed by atoms with Gasteiger partial charge < -0.3 is 16.1 Å². The van der Waals surface area contributed by atoms with Crippen LogP contribution in [0.15, 0.2) is 40.6 Å². The Morgan fingerprint density at radius 2 is 2.14 bits per heavy atom. The molecule has 0 spiro atoms. The van der Waals surface area contributed by atoms with E-state index in [0.717, 1.165) is 42.3 Å². The van der Waals surface area contributed by atoms with Gasteiger partial charge in [-0.1, -0.05) is 12.1 Å². The van der Waals surface area contributed by atoms with Gasteiger partial charge in [0.25, 0.3) is 0 Å². The van der Waals surface area contributed by atoms with Gasteiger partial charge in [0, 0.05) is 42.9 Å². The van der Waals surface area contributed by atoms with Crippen molar-refractivity contribution in [3.8, 4) is 0 Å². The third-order valence-corrected chi connectivity index (χ3v) is 5.13. The molecule has 1 atom stereocenters. The van der Waals surface area contributed by atoms with Crippen molar-refractivity contribution < 1.29 is 9.18 Å². The first-order chi connectivity index (χ1) is 14.0. The number of carbonyl (C=O) groups is 1. The Morgan fingerprint density at radius 1 is 1.38 bits per heavy atom. The lowest BCUT2D eigenvalue weighted by atomic mass is 9.95. The van der Waals surface area contributed by atoms with Crippen molar-refractivity contribution in [3.63, 3.8) is 0 Å². The number of carbonyl (C=O) groups excluding carboxylic acids is 1. The van der Waals surface area contributed by atoms with E-state index < -0.39 is 6.17 Å². The number of anilines is 1. The molecule has 0 aliphatic carbocycles. The lowest BCUT2D eigenvalue weighted by molar-refractivity contribution is -0.121. The monoisotopic (exact) mass is 398 g/mol. The topological polar surface area (TPSA) is 96.0 Å². The van der Waals surface area contributed by atoms with Crippen molar-refractivity contribution in [2.24, 2.45) is 21.9 Å². The van der Waals surface area contributed by atoms with Crippen LogP contribution in [0.3, 0.4) is 0 Å². The number of nitrogens with one attached hydrogen (secondary N) is 1. The number of pyridine rings is 1. The Bertz CT molecular complexity index is 919. The van der Waals surface area contributed by atoms with Crippen LogP contribution in [-0.4, -0.2) is 60.6 Å². The number of hydrazone groups is 1. The average molecular weight is 398 g/mol. The number of rotatable bonds is 6. The van der Waals surface area contributed by atoms with Crippen LogP contribution in [0.25, 0.3) is 10.8 Å². The number of likely N-dealkylation sites (tertiary alicyclic amines) is 1. The lowest BCUT2D eigenvalue weighted by Crippen LogP contribution is -2.40. The third kappa shape index (κ3) is 5.35. The van der Waals surface area contributed by atoms with E-state index in [1.54, 1.807) is 26.4 Å². The summed E-state index contributed by atoms with van der Waals surface area (Å²) >= 11 is 0. The summed E-state index contributed by atoms with van der Waals surface area (Å²) in [4.78, 5) is 23.0. The Kier molecular flexibility index (Phi) is 6.87. The first-order valence-corrected chi connectivity index (χ1v) is 9.77. The van der Waals surface area contributed by atoms with E-state index in [-0.39, 0.29) is 11.8 Å². The summed E-state index contributed by atoms with van der Waals surface area (Å²) in [7, 11) is 1.66. The van der Waals surface area contributed by atoms with Gasteiger partial charge in [0.1, 0.15) is 17.7 Å². The predicted molar refractivity (Wildman–Crippen MR) is 115 cm³/mol. The maximum absolute atomic E-state index is 13.2. The zero-order valence-electron chi connectivity index (χ0n) is 16.8. The number of fused-ring (bicyclic) bond motifs is 1. The number of halogens is 1. The molecule has 7 nitrogen and oxygen atoms in total. The Balaban J connectivity index is 1.69. The molecule has 3 rings (SSSR count). The van der Waals surface area contributed by atoms with E-state index in [1.807, 2.05) is 24.3 Å². The fraction of sp³-hybridized carbons (Fsp3) is 0.429. The summed E-state index contributed by atoms with van der Waals surface area (Å²) in [5.74, 6) is 5.84. The summed E-state index contributed by atoms with van der Waals surface area (Å²) in [6.45, 7) is 3.47. The summed E-state index contributed by atoms with van der Waals surface area (Å²) in [5.41, 5.74) is 1.41. The van der Waals surface area contributed by atoms with Gasteiger partial charge in [0.05, 0.1) is 0 Å². The molecule has 0 radical (unpaired) electrons. The molecule has 154 valence electrons. The number of hydrogen-bond donors (Lipinski definition) is 2. The predicted octanol–water partition coefficient (Wildman–Crippen LogP) is 2.61. The molecule has 8 heteroatoms. The maximum atomic E-state index is 13.2. The van der Waals surface area contributed by atoms with Gasteiger partial charge in [-0.05, 0) is 50.4 Å². The molecule has 1 fully saturated rings. The van der Waals surface area contributed by atoms with E-state index in [9.17, 15) is 9.18 Å². The van der Waals surface area contributed by atoms with E-state index in [1.165, 1.54) is 0 Å². The molecule has 1 unspecified atom stereocenters. The second-order valence-electron chi connectivity index (χ2n) is 7.38. The summed E-state index contributed by atoms with van der Waals surface area (Å²) < 4.78 is 13.2. The van der Waals surface area contributed by atoms with Crippen LogP contribution in [-0.2, 0) is 4.79 Å². The van der Waals surface area contributed by atoms with Gasteiger partial charge in [0.15, 0.2) is 0 Å². The van der Waals surface area contributed by atoms with Gasteiger partial charge in [-0.2, -0.15) is 5.10 Å². The number of alkyl halides is 1. The molecule has 29 heavy (non-hydrogen) atoms. The Hall–Kier alpha value is -2.87. The van der Waals surface area contributed by atoms with Crippen molar-refractivity contribution in [2.45, 2.75) is 25.9 Å². The highest BCUT2D eigenvalue weighted by molar-refractivity contribution is 6.38. The number of aromatic nitrogens is 1. The number of amides is 1. The molecule has 2 aromatic rings. The van der Waals surface area contributed by atoms with Crippen molar-refractivity contribution in [2.75, 3.05) is 32.0 Å². The zero-order chi connectivity index (χ0) is 20.8. The van der Waals surface area contributed by atoms with E-state index in [2.05, 4.69) is 25.3 Å². The molecule has 3 N–H and O–H groups in total. The van der Waals surface area contributed by atoms with Gasteiger partial charge in [-0.3, -0.25) is 9.79 Å². The third-order valence-electron chi connectivity index (χ3n) is 5.13. The van der Waals surface area contributed by atoms with Crippen LogP contribution in [0.5, 0.6) is 0 Å². The van der Waals surface area contributed by atoms with Crippen molar-refractivity contribution in [1.29, 1.82) is 0 Å². The first-order valence-electron chi connectivity index (χ1n) is 9.77. The van der Waals surface area contributed by atoms with Gasteiger partial charge >= 0.3 is 0 Å². The largest absolute Gasteiger partial charge is 0.323 e. The van der Waals surface area contributed by atoms with E-state index in [4.69, 9.17) is 5.84 Å². The molecule has 1 amide bonds. The Labute approximate surface area is 169 Å². The molecule has 2 heterocycles. The number of nitrogens with zero attached hydrogens (tertiary/aromatic N) is 4. The quantitative estimate of drug-likeness (QED) is 0.444. The minimum absolute atomic E-state index is 0.0386. The van der Waals surface area contributed by atoms with E-state index >= 15 is 0 Å². The van der Waals surface area contributed by atoms with Crippen LogP contribution in [0.2, 0.25) is 0 Å². The normalized spacial score (nSPS) is 17.7. The van der Waals surface area contributed by atoms with Crippen molar-refractivity contribution in [3.05, 3.63) is 36.0 Å². The molecule has 1 aliphatic heterocycles.